The fourth-order valence-corrected chi connectivity index (χ4v) is 18.0. The first-order valence-electron chi connectivity index (χ1n) is 36.1. The van der Waals surface area contributed by atoms with Crippen molar-refractivity contribution in [1.82, 2.24) is 96.0 Å². The molecule has 0 radical (unpaired) electrons. The molecule has 0 bridgehead atoms. The van der Waals surface area contributed by atoms with Crippen molar-refractivity contribution in [1.29, 1.82) is 0 Å². The molecule has 1 atom stereocenters. The molecule has 0 aliphatic heterocycles. The molecule has 12 aromatic rings. The number of carbonyl (C=O) groups is 2. The third-order valence-electron chi connectivity index (χ3n) is 17.4. The van der Waals surface area contributed by atoms with Crippen LogP contribution in [0.4, 0.5) is 46.5 Å². The van der Waals surface area contributed by atoms with E-state index in [1.807, 2.05) is 43.3 Å². The van der Waals surface area contributed by atoms with E-state index >= 15 is 0 Å². The molecule has 34 nitrogen and oxygen atoms in total. The zero-order valence-electron chi connectivity index (χ0n) is 62.8. The van der Waals surface area contributed by atoms with Gasteiger partial charge in [-0.2, -0.15) is 20.4 Å². The van der Waals surface area contributed by atoms with E-state index in [0.717, 1.165) is 80.1 Å². The number of aromatic nitrogens is 16. The number of aliphatic hydroxyl groups is 1. The number of aliphatic hydroxyl groups excluding tert-OH is 1. The molecule has 4 fully saturated rings. The molecule has 16 rings (SSSR count). The molecule has 12 heterocycles. The highest BCUT2D eigenvalue weighted by Gasteiger charge is 2.31. The Kier molecular flexibility index (Phi) is 24.8. The van der Waals surface area contributed by atoms with Gasteiger partial charge in [0.25, 0.3) is 15.9 Å². The molecule has 0 saturated heterocycles. The quantitative estimate of drug-likeness (QED) is 0.0168. The minimum Gasteiger partial charge on any atom is -0.389 e. The number of amides is 2. The normalized spacial score (nSPS) is 14.4. The van der Waals surface area contributed by atoms with E-state index in [0.29, 0.717) is 143 Å². The summed E-state index contributed by atoms with van der Waals surface area (Å²) in [4.78, 5) is 61.8. The van der Waals surface area contributed by atoms with Crippen molar-refractivity contribution in [2.75, 3.05) is 34.4 Å². The van der Waals surface area contributed by atoms with Crippen LogP contribution in [0.2, 0.25) is 0 Å². The number of rotatable bonds is 27. The standard InChI is InChI=1S/C21H21N7O2S.C20H26N6O3S2.C17H18N6O2S2.C16H16N6O2S2.11H2/c1-3-13-11-24-20(26-19(13)25-18-10-15(27-28-18)14-4-5-14)16-6-7-17(31-16)21(30)23-9-8-22-12(2)29;1-11(27)13-10-21-19(15-7-8-17(30-15)31(28,29)26-20(2,3)4)23-18(13)22-16-9-14(24-25-16)12-5-6-12;1-2-3-11-9-19-17(13-6-7-15(26-13)27(18,24)25)21-16(11)20-14-8-12(22-23-14)10-4-5-10;1-2-9-8-18-16(12-5-6-14(25-12)26(17,23)24)20-15(9)19-13-7-11(21-22-13)10-3-4-10;;;;;;;;;;;/h1,6-7,10-11,14H,4-5,8-9H2,2H3,(H,22,29)(H,23,30)(H2,24,25,26,27,28);7-12,26-27H,5-6H2,1-4H3,(H2,21,22,23,24,25);2-3,6-10H,4-5H2,1H3,(H2,18,24,25)(H2,19,20,21,22,23);2,5-8,10H,1,3-4H2,(H2,17,23,24)(H2,18,19,20,21,22);11*1H/b;;3-2-;;;;;;;;;;;;. The van der Waals surface area contributed by atoms with Gasteiger partial charge in [-0.25, -0.2) is 80.1 Å². The van der Waals surface area contributed by atoms with Gasteiger partial charge < -0.3 is 37.0 Å². The molecule has 0 aromatic carbocycles. The number of nitrogens with one attached hydrogen (secondary N) is 11. The highest BCUT2D eigenvalue weighted by atomic mass is 32.3. The molecule has 16 N–H and O–H groups in total. The molecular weight excluding hydrogens is 1610 g/mol. The second kappa shape index (κ2) is 34.9. The van der Waals surface area contributed by atoms with Gasteiger partial charge >= 0.3 is 0 Å². The number of allylic oxidation sites excluding steroid dienone is 1. The number of H-pyrrole nitrogens is 4. The van der Waals surface area contributed by atoms with Crippen LogP contribution >= 0.6 is 45.3 Å². The van der Waals surface area contributed by atoms with Crippen LogP contribution in [0.1, 0.15) is 193 Å². The number of sulfonamides is 3. The summed E-state index contributed by atoms with van der Waals surface area (Å²) in [6.07, 6.45) is 26.1. The van der Waals surface area contributed by atoms with Crippen molar-refractivity contribution in [2.24, 2.45) is 10.3 Å². The topological polar surface area (TPSA) is 511 Å². The number of aromatic amines is 4. The van der Waals surface area contributed by atoms with E-state index in [1.54, 1.807) is 95.0 Å². The largest absolute Gasteiger partial charge is 0.389 e. The zero-order valence-corrected chi connectivity index (χ0v) is 68.5. The Labute approximate surface area is 694 Å². The highest BCUT2D eigenvalue weighted by molar-refractivity contribution is 7.92. The van der Waals surface area contributed by atoms with Crippen LogP contribution in [0.25, 0.3) is 55.0 Å². The minimum absolute atomic E-state index is 0. The Bertz CT molecular complexity index is 6040. The number of hydrogen-bond donors (Lipinski definition) is 14. The van der Waals surface area contributed by atoms with Crippen LogP contribution in [-0.2, 0) is 34.9 Å². The van der Waals surface area contributed by atoms with Gasteiger partial charge in [-0.1, -0.05) is 30.7 Å². The number of primary sulfonamides is 2. The summed E-state index contributed by atoms with van der Waals surface area (Å²) in [7, 11) is -11.1. The number of terminal acetylenes is 1. The highest BCUT2D eigenvalue weighted by Crippen LogP contribution is 2.44. The van der Waals surface area contributed by atoms with E-state index < -0.39 is 41.7 Å². The summed E-state index contributed by atoms with van der Waals surface area (Å²) >= 11 is 4.43. The van der Waals surface area contributed by atoms with Crippen molar-refractivity contribution in [2.45, 2.75) is 141 Å². The molecule has 12 aromatic heterocycles. The van der Waals surface area contributed by atoms with Crippen LogP contribution in [-0.4, -0.2) is 141 Å². The van der Waals surface area contributed by atoms with E-state index in [2.05, 4.69) is 130 Å². The van der Waals surface area contributed by atoms with Crippen LogP contribution in [0.3, 0.4) is 0 Å². The van der Waals surface area contributed by atoms with Crippen molar-refractivity contribution < 1.29 is 55.6 Å². The second-order valence-electron chi connectivity index (χ2n) is 28.1. The zero-order chi connectivity index (χ0) is 81.5. The SMILES string of the molecule is C#Cc1cnc(-c2ccc(C(=O)NCCNC(C)=O)s2)nc1Nc1cc(C2CC2)[nH]n1.C/C=C\c1cnc(-c2ccc(S(N)(=O)=O)s2)nc1Nc1cc(C2CC2)[nH]n1.C=Cc1cnc(-c2ccc(S(N)(=O)=O)s2)nc1Nc1cc(C2CC2)[nH]n1.CC(O)c1cnc(-c2ccc(S(=O)(=O)NC(C)(C)C)s2)nc1Nc1cc(C2CC2)[nH]n1.[HH].[HH].[HH].[HH].[HH].[HH].[HH].[HH].[HH].[HH].[HH]. The first-order valence-corrected chi connectivity index (χ1v) is 44.0. The maximum absolute atomic E-state index is 12.6. The molecule has 1 unspecified atom stereocenters. The first-order chi connectivity index (χ1) is 54.9. The Balaban J connectivity index is 0.000000554. The van der Waals surface area contributed by atoms with Gasteiger partial charge in [0.2, 0.25) is 26.0 Å². The maximum Gasteiger partial charge on any atom is 0.261 e. The molecule has 4 aliphatic rings. The lowest BCUT2D eigenvalue weighted by Crippen LogP contribution is -2.40. The van der Waals surface area contributed by atoms with Crippen molar-refractivity contribution >= 4 is 146 Å². The number of nitrogens with two attached hydrogens (primary N) is 2. The van der Waals surface area contributed by atoms with E-state index in [-0.39, 0.29) is 40.1 Å². The van der Waals surface area contributed by atoms with Crippen LogP contribution in [0.15, 0.2) is 123 Å². The van der Waals surface area contributed by atoms with E-state index in [1.165, 1.54) is 68.9 Å². The number of nitrogens with zero attached hydrogens (tertiary/aromatic N) is 12. The monoisotopic (exact) mass is 1710 g/mol. The predicted octanol–water partition coefficient (Wildman–Crippen LogP) is 14.9. The molecular formula is C74H103N25O9S7. The Morgan fingerprint density at radius 1 is 0.574 bits per heavy atom. The maximum atomic E-state index is 12.6. The number of hydrogen-bond acceptors (Lipinski definition) is 29. The molecule has 2 amide bonds. The average molecular weight is 1710 g/mol. The third kappa shape index (κ3) is 21.8. The fraction of sp³-hybridized carbons (Fsp3) is 0.297. The summed E-state index contributed by atoms with van der Waals surface area (Å²) in [6.45, 7) is 14.8. The fourth-order valence-electron chi connectivity index (χ4n) is 11.1. The Morgan fingerprint density at radius 3 is 1.37 bits per heavy atom. The molecule has 620 valence electrons. The van der Waals surface area contributed by atoms with Crippen molar-refractivity contribution in [3.05, 3.63) is 160 Å². The van der Waals surface area contributed by atoms with Gasteiger partial charge in [0, 0.05) is 153 Å². The average Bonchev–Trinajstić information content (AvgIpc) is 1.67. The number of carbonyl (C=O) groups excluding carboxylic acids is 2. The van der Waals surface area contributed by atoms with E-state index in [9.17, 15) is 39.9 Å². The smallest absolute Gasteiger partial charge is 0.261 e. The van der Waals surface area contributed by atoms with Gasteiger partial charge in [0.05, 0.1) is 36.1 Å². The number of thiophene rings is 4. The van der Waals surface area contributed by atoms with Crippen LogP contribution in [0, 0.1) is 12.3 Å². The molecule has 115 heavy (non-hydrogen) atoms. The summed E-state index contributed by atoms with van der Waals surface area (Å²) in [6, 6.07) is 20.8. The minimum atomic E-state index is -3.74. The predicted molar refractivity (Wildman–Crippen MR) is 467 cm³/mol. The van der Waals surface area contributed by atoms with Gasteiger partial charge in [-0.05, 0) is 135 Å². The molecule has 41 heteroatoms. The third-order valence-corrected chi connectivity index (χ3v) is 26.8. The summed E-state index contributed by atoms with van der Waals surface area (Å²) < 4.78 is 74.1. The Hall–Kier alpha value is -11.2. The lowest BCUT2D eigenvalue weighted by Gasteiger charge is -2.19. The first kappa shape index (κ1) is 81.8. The molecule has 4 saturated carbocycles. The summed E-state index contributed by atoms with van der Waals surface area (Å²) in [5.41, 5.74) is 6.40. The molecule has 0 spiro atoms. The lowest BCUT2D eigenvalue weighted by molar-refractivity contribution is -0.118. The van der Waals surface area contributed by atoms with Crippen LogP contribution < -0.4 is 46.9 Å². The summed E-state index contributed by atoms with van der Waals surface area (Å²) in [5, 5.41) is 67.9. The Morgan fingerprint density at radius 2 is 0.957 bits per heavy atom. The second-order valence-corrected chi connectivity index (χ2v) is 37.9. The van der Waals surface area contributed by atoms with Crippen LogP contribution in [0.5, 0.6) is 0 Å². The molecule has 4 aliphatic carbocycles. The van der Waals surface area contributed by atoms with Crippen molar-refractivity contribution in [3.8, 4) is 55.1 Å². The lowest BCUT2D eigenvalue weighted by atomic mass is 10.1. The van der Waals surface area contributed by atoms with Gasteiger partial charge in [-0.3, -0.25) is 30.0 Å². The van der Waals surface area contributed by atoms with E-state index in [4.69, 9.17) is 16.7 Å². The van der Waals surface area contributed by atoms with Gasteiger partial charge in [-0.15, -0.1) is 51.8 Å². The summed E-state index contributed by atoms with van der Waals surface area (Å²) in [5.74, 6) is 10.8. The van der Waals surface area contributed by atoms with Crippen molar-refractivity contribution in [3.63, 3.8) is 0 Å². The van der Waals surface area contributed by atoms with Gasteiger partial charge in [0.15, 0.2) is 52.4 Å². The van der Waals surface area contributed by atoms with Gasteiger partial charge in [0.1, 0.15) is 30.1 Å². The number of anilines is 8.